The number of benzene rings is 1. The van der Waals surface area contributed by atoms with Crippen LogP contribution >= 0.6 is 0 Å². The Bertz CT molecular complexity index is 734. The molecule has 1 aromatic carbocycles. The Morgan fingerprint density at radius 1 is 1.26 bits per heavy atom. The van der Waals surface area contributed by atoms with Crippen LogP contribution in [0, 0.1) is 10.1 Å². The number of anilines is 1. The van der Waals surface area contributed by atoms with Gasteiger partial charge in [0.15, 0.2) is 0 Å². The maximum absolute atomic E-state index is 12.5. The predicted molar refractivity (Wildman–Crippen MR) is 84.4 cm³/mol. The number of imidazole rings is 1. The van der Waals surface area contributed by atoms with Crippen LogP contribution in [0.25, 0.3) is 0 Å². The Balaban J connectivity index is 1.68. The number of aryl methyl sites for hydroxylation is 1. The van der Waals surface area contributed by atoms with E-state index < -0.39 is 4.92 Å². The van der Waals surface area contributed by atoms with Crippen LogP contribution in [0.15, 0.2) is 36.7 Å². The largest absolute Gasteiger partial charge is 0.339 e. The molecule has 1 fully saturated rings. The molecule has 1 aliphatic heterocycles. The van der Waals surface area contributed by atoms with Gasteiger partial charge < -0.3 is 14.4 Å². The molecule has 120 valence electrons. The molecule has 0 N–H and O–H groups in total. The Labute approximate surface area is 133 Å². The van der Waals surface area contributed by atoms with Crippen LogP contribution in [-0.4, -0.2) is 51.5 Å². The number of aromatic nitrogens is 2. The van der Waals surface area contributed by atoms with E-state index in [1.165, 1.54) is 18.2 Å². The van der Waals surface area contributed by atoms with Gasteiger partial charge in [-0.25, -0.2) is 4.98 Å². The second-order valence-electron chi connectivity index (χ2n) is 5.42. The molecule has 23 heavy (non-hydrogen) atoms. The number of hydrogen-bond donors (Lipinski definition) is 0. The number of rotatable bonds is 3. The number of nitro groups is 1. The van der Waals surface area contributed by atoms with E-state index >= 15 is 0 Å². The summed E-state index contributed by atoms with van der Waals surface area (Å²) < 4.78 is 1.94. The highest BCUT2D eigenvalue weighted by molar-refractivity contribution is 5.95. The van der Waals surface area contributed by atoms with Gasteiger partial charge in [-0.2, -0.15) is 0 Å². The summed E-state index contributed by atoms with van der Waals surface area (Å²) in [5.74, 6) is 0.709. The van der Waals surface area contributed by atoms with Crippen molar-refractivity contribution in [3.05, 3.63) is 52.3 Å². The zero-order chi connectivity index (χ0) is 16.4. The van der Waals surface area contributed by atoms with Crippen molar-refractivity contribution < 1.29 is 9.72 Å². The molecule has 8 nitrogen and oxygen atoms in total. The van der Waals surface area contributed by atoms with E-state index in [0.29, 0.717) is 31.7 Å². The highest BCUT2D eigenvalue weighted by Crippen LogP contribution is 2.17. The van der Waals surface area contributed by atoms with E-state index in [4.69, 9.17) is 0 Å². The first-order chi connectivity index (χ1) is 11.1. The lowest BCUT2D eigenvalue weighted by Gasteiger charge is -2.35. The number of carbonyl (C=O) groups excluding carboxylic acids is 1. The van der Waals surface area contributed by atoms with Crippen LogP contribution in [0.5, 0.6) is 0 Å². The number of non-ortho nitro benzene ring substituents is 1. The number of amides is 1. The molecular formula is C15H17N5O3. The minimum absolute atomic E-state index is 0.0671. The van der Waals surface area contributed by atoms with E-state index in [1.54, 1.807) is 17.2 Å². The summed E-state index contributed by atoms with van der Waals surface area (Å²) in [6.45, 7) is 2.50. The van der Waals surface area contributed by atoms with Gasteiger partial charge in [-0.05, 0) is 6.07 Å². The predicted octanol–water partition coefficient (Wildman–Crippen LogP) is 1.29. The van der Waals surface area contributed by atoms with Crippen molar-refractivity contribution in [3.8, 4) is 0 Å². The van der Waals surface area contributed by atoms with E-state index in [1.807, 2.05) is 17.8 Å². The maximum Gasteiger partial charge on any atom is 0.270 e. The van der Waals surface area contributed by atoms with Crippen molar-refractivity contribution >= 4 is 17.5 Å². The van der Waals surface area contributed by atoms with E-state index in [9.17, 15) is 14.9 Å². The number of hydrogen-bond acceptors (Lipinski definition) is 5. The third-order valence-corrected chi connectivity index (χ3v) is 3.95. The SMILES string of the molecule is Cn1ccnc1N1CCN(C(=O)c2cccc([N+](=O)[O-])c2)CC1. The summed E-state index contributed by atoms with van der Waals surface area (Å²) in [4.78, 5) is 31.0. The molecule has 0 saturated carbocycles. The lowest BCUT2D eigenvalue weighted by atomic mass is 10.1. The van der Waals surface area contributed by atoms with Gasteiger partial charge in [0, 0.05) is 63.3 Å². The van der Waals surface area contributed by atoms with Gasteiger partial charge in [-0.3, -0.25) is 14.9 Å². The molecule has 3 rings (SSSR count). The minimum atomic E-state index is -0.490. The summed E-state index contributed by atoms with van der Waals surface area (Å²) in [7, 11) is 1.93. The minimum Gasteiger partial charge on any atom is -0.339 e. The molecule has 0 radical (unpaired) electrons. The quantitative estimate of drug-likeness (QED) is 0.629. The molecule has 1 aliphatic rings. The monoisotopic (exact) mass is 315 g/mol. The first-order valence-electron chi connectivity index (χ1n) is 7.32. The zero-order valence-corrected chi connectivity index (χ0v) is 12.8. The number of nitrogens with zero attached hydrogens (tertiary/aromatic N) is 5. The van der Waals surface area contributed by atoms with Gasteiger partial charge in [0.05, 0.1) is 4.92 Å². The second-order valence-corrected chi connectivity index (χ2v) is 5.42. The van der Waals surface area contributed by atoms with Crippen LogP contribution in [0.1, 0.15) is 10.4 Å². The summed E-state index contributed by atoms with van der Waals surface area (Å²) in [5, 5.41) is 10.8. The Hall–Kier alpha value is -2.90. The molecule has 0 unspecified atom stereocenters. The van der Waals surface area contributed by atoms with Crippen LogP contribution in [0.2, 0.25) is 0 Å². The lowest BCUT2D eigenvalue weighted by Crippen LogP contribution is -2.49. The van der Waals surface area contributed by atoms with Crippen LogP contribution < -0.4 is 4.90 Å². The van der Waals surface area contributed by atoms with Gasteiger partial charge in [0.25, 0.3) is 11.6 Å². The van der Waals surface area contributed by atoms with Gasteiger partial charge in [-0.15, -0.1) is 0 Å². The van der Waals surface area contributed by atoms with Crippen molar-refractivity contribution in [2.45, 2.75) is 0 Å². The normalized spacial score (nSPS) is 14.8. The summed E-state index contributed by atoms with van der Waals surface area (Å²) in [6.07, 6.45) is 3.63. The number of carbonyl (C=O) groups is 1. The average Bonchev–Trinajstić information content (AvgIpc) is 3.00. The third-order valence-electron chi connectivity index (χ3n) is 3.95. The Kier molecular flexibility index (Phi) is 3.96. The van der Waals surface area contributed by atoms with Gasteiger partial charge in [-0.1, -0.05) is 6.07 Å². The molecular weight excluding hydrogens is 298 g/mol. The summed E-state index contributed by atoms with van der Waals surface area (Å²) in [6, 6.07) is 5.86. The number of nitro benzene ring substituents is 1. The molecule has 1 saturated heterocycles. The van der Waals surface area contributed by atoms with Gasteiger partial charge >= 0.3 is 0 Å². The molecule has 0 bridgehead atoms. The fourth-order valence-electron chi connectivity index (χ4n) is 2.71. The molecule has 1 amide bonds. The molecule has 2 aromatic rings. The summed E-state index contributed by atoms with van der Waals surface area (Å²) in [5.41, 5.74) is 0.284. The molecule has 1 aromatic heterocycles. The fraction of sp³-hybridized carbons (Fsp3) is 0.333. The molecule has 0 atom stereocenters. The fourth-order valence-corrected chi connectivity index (χ4v) is 2.71. The third kappa shape index (κ3) is 3.01. The molecule has 2 heterocycles. The highest BCUT2D eigenvalue weighted by Gasteiger charge is 2.24. The zero-order valence-electron chi connectivity index (χ0n) is 12.8. The van der Waals surface area contributed by atoms with Gasteiger partial charge in [0.1, 0.15) is 0 Å². The average molecular weight is 315 g/mol. The topological polar surface area (TPSA) is 84.5 Å². The molecule has 0 spiro atoms. The standard InChI is InChI=1S/C15H17N5O3/c1-17-6-5-16-15(17)19-9-7-18(8-10-19)14(21)12-3-2-4-13(11-12)20(22)23/h2-6,11H,7-10H2,1H3. The van der Waals surface area contributed by atoms with Crippen molar-refractivity contribution in [1.29, 1.82) is 0 Å². The van der Waals surface area contributed by atoms with E-state index in [-0.39, 0.29) is 11.6 Å². The van der Waals surface area contributed by atoms with Crippen molar-refractivity contribution in [2.24, 2.45) is 7.05 Å². The first-order valence-corrected chi connectivity index (χ1v) is 7.32. The smallest absolute Gasteiger partial charge is 0.270 e. The van der Waals surface area contributed by atoms with Crippen molar-refractivity contribution in [3.63, 3.8) is 0 Å². The van der Waals surface area contributed by atoms with Crippen LogP contribution in [0.3, 0.4) is 0 Å². The Morgan fingerprint density at radius 3 is 2.61 bits per heavy atom. The highest BCUT2D eigenvalue weighted by atomic mass is 16.6. The lowest BCUT2D eigenvalue weighted by molar-refractivity contribution is -0.384. The van der Waals surface area contributed by atoms with Crippen molar-refractivity contribution in [1.82, 2.24) is 14.5 Å². The maximum atomic E-state index is 12.5. The van der Waals surface area contributed by atoms with Crippen LogP contribution in [0.4, 0.5) is 11.6 Å². The van der Waals surface area contributed by atoms with Crippen molar-refractivity contribution in [2.75, 3.05) is 31.1 Å². The van der Waals surface area contributed by atoms with Crippen LogP contribution in [-0.2, 0) is 7.05 Å². The molecule has 8 heteroatoms. The Morgan fingerprint density at radius 2 is 2.00 bits per heavy atom. The van der Waals surface area contributed by atoms with E-state index in [2.05, 4.69) is 9.88 Å². The second kappa shape index (κ2) is 6.07. The molecule has 0 aliphatic carbocycles. The summed E-state index contributed by atoms with van der Waals surface area (Å²) >= 11 is 0. The van der Waals surface area contributed by atoms with Gasteiger partial charge in [0.2, 0.25) is 5.95 Å². The number of piperazine rings is 1. The van der Waals surface area contributed by atoms with E-state index in [0.717, 1.165) is 5.95 Å². The first kappa shape index (κ1) is 15.0.